The predicted molar refractivity (Wildman–Crippen MR) is 75.4 cm³/mol. The summed E-state index contributed by atoms with van der Waals surface area (Å²) in [4.78, 5) is 15.6. The molecule has 0 fully saturated rings. The standard InChI is InChI=1S/C16H19NO2/c1-10(18)14-11(2)19-15(17-14)12-6-8-13(9-7-12)16(3,4)5/h6-9H,1-5H3. The third kappa shape index (κ3) is 2.75. The fraction of sp³-hybridized carbons (Fsp3) is 0.375. The molecule has 19 heavy (non-hydrogen) atoms. The van der Waals surface area contributed by atoms with Gasteiger partial charge in [-0.1, -0.05) is 32.9 Å². The van der Waals surface area contributed by atoms with Crippen LogP contribution in [0.25, 0.3) is 11.5 Å². The monoisotopic (exact) mass is 257 g/mol. The van der Waals surface area contributed by atoms with Gasteiger partial charge in [-0.2, -0.15) is 0 Å². The first-order valence-electron chi connectivity index (χ1n) is 6.38. The van der Waals surface area contributed by atoms with E-state index >= 15 is 0 Å². The highest BCUT2D eigenvalue weighted by Gasteiger charge is 2.16. The van der Waals surface area contributed by atoms with Gasteiger partial charge in [0.15, 0.2) is 5.78 Å². The van der Waals surface area contributed by atoms with Crippen molar-refractivity contribution in [1.29, 1.82) is 0 Å². The van der Waals surface area contributed by atoms with Crippen LogP contribution in [0.5, 0.6) is 0 Å². The Bertz CT molecular complexity index is 601. The molecule has 0 aliphatic carbocycles. The lowest BCUT2D eigenvalue weighted by molar-refractivity contribution is 0.101. The van der Waals surface area contributed by atoms with Gasteiger partial charge in [-0.05, 0) is 30.0 Å². The summed E-state index contributed by atoms with van der Waals surface area (Å²) in [5.41, 5.74) is 2.68. The molecule has 3 nitrogen and oxygen atoms in total. The molecule has 3 heteroatoms. The van der Waals surface area contributed by atoms with Crippen LogP contribution in [0.1, 0.15) is 49.5 Å². The Balaban J connectivity index is 2.38. The fourth-order valence-corrected chi connectivity index (χ4v) is 1.96. The third-order valence-electron chi connectivity index (χ3n) is 3.13. The van der Waals surface area contributed by atoms with E-state index in [9.17, 15) is 4.79 Å². The Hall–Kier alpha value is -1.90. The maximum atomic E-state index is 11.4. The molecule has 0 saturated carbocycles. The molecule has 100 valence electrons. The molecule has 1 aromatic carbocycles. The van der Waals surface area contributed by atoms with Crippen molar-refractivity contribution in [2.24, 2.45) is 0 Å². The number of aromatic nitrogens is 1. The summed E-state index contributed by atoms with van der Waals surface area (Å²) in [5, 5.41) is 0. The zero-order valence-corrected chi connectivity index (χ0v) is 12.1. The van der Waals surface area contributed by atoms with Crippen LogP contribution < -0.4 is 0 Å². The molecule has 0 aliphatic heterocycles. The van der Waals surface area contributed by atoms with Gasteiger partial charge in [-0.3, -0.25) is 4.79 Å². The van der Waals surface area contributed by atoms with Gasteiger partial charge in [0.25, 0.3) is 0 Å². The lowest BCUT2D eigenvalue weighted by Gasteiger charge is -2.18. The molecule has 1 aromatic heterocycles. The Labute approximate surface area is 113 Å². The van der Waals surface area contributed by atoms with Crippen LogP contribution in [0.4, 0.5) is 0 Å². The van der Waals surface area contributed by atoms with Crippen LogP contribution >= 0.6 is 0 Å². The second-order valence-electron chi connectivity index (χ2n) is 5.81. The van der Waals surface area contributed by atoms with Crippen molar-refractivity contribution in [2.75, 3.05) is 0 Å². The van der Waals surface area contributed by atoms with E-state index < -0.39 is 0 Å². The van der Waals surface area contributed by atoms with E-state index in [2.05, 4.69) is 37.9 Å². The van der Waals surface area contributed by atoms with Crippen molar-refractivity contribution in [3.05, 3.63) is 41.3 Å². The molecule has 0 aliphatic rings. The molecule has 0 unspecified atom stereocenters. The van der Waals surface area contributed by atoms with Crippen molar-refractivity contribution in [3.8, 4) is 11.5 Å². The van der Waals surface area contributed by atoms with E-state index in [1.807, 2.05) is 12.1 Å². The smallest absolute Gasteiger partial charge is 0.226 e. The van der Waals surface area contributed by atoms with E-state index in [-0.39, 0.29) is 11.2 Å². The summed E-state index contributed by atoms with van der Waals surface area (Å²) < 4.78 is 5.56. The molecule has 0 saturated heterocycles. The van der Waals surface area contributed by atoms with Crippen LogP contribution in [0.3, 0.4) is 0 Å². The molecule has 2 aromatic rings. The average molecular weight is 257 g/mol. The zero-order chi connectivity index (χ0) is 14.2. The maximum Gasteiger partial charge on any atom is 0.226 e. The van der Waals surface area contributed by atoms with Crippen LogP contribution in [0.2, 0.25) is 0 Å². The van der Waals surface area contributed by atoms with E-state index in [0.717, 1.165) is 5.56 Å². The van der Waals surface area contributed by atoms with Gasteiger partial charge in [-0.25, -0.2) is 4.98 Å². The molecule has 0 spiro atoms. The number of rotatable bonds is 2. The lowest BCUT2D eigenvalue weighted by atomic mass is 9.87. The zero-order valence-electron chi connectivity index (χ0n) is 12.1. The number of Topliss-reactive ketones (excluding diaryl/α,β-unsaturated/α-hetero) is 1. The van der Waals surface area contributed by atoms with Crippen LogP contribution in [-0.4, -0.2) is 10.8 Å². The van der Waals surface area contributed by atoms with E-state index in [4.69, 9.17) is 4.42 Å². The molecule has 0 bridgehead atoms. The van der Waals surface area contributed by atoms with Crippen LogP contribution in [0, 0.1) is 6.92 Å². The Kier molecular flexibility index (Phi) is 3.31. The van der Waals surface area contributed by atoms with Gasteiger partial charge in [0.1, 0.15) is 11.5 Å². The number of hydrogen-bond acceptors (Lipinski definition) is 3. The molecule has 1 heterocycles. The summed E-state index contributed by atoms with van der Waals surface area (Å²) in [5.74, 6) is 1.00. The molecule has 2 rings (SSSR count). The molecule has 0 amide bonds. The second-order valence-corrected chi connectivity index (χ2v) is 5.81. The average Bonchev–Trinajstić information content (AvgIpc) is 2.70. The van der Waals surface area contributed by atoms with Gasteiger partial charge >= 0.3 is 0 Å². The van der Waals surface area contributed by atoms with Crippen LogP contribution in [0.15, 0.2) is 28.7 Å². The first-order valence-corrected chi connectivity index (χ1v) is 6.38. The lowest BCUT2D eigenvalue weighted by Crippen LogP contribution is -2.10. The van der Waals surface area contributed by atoms with E-state index in [0.29, 0.717) is 17.3 Å². The second kappa shape index (κ2) is 4.65. The Morgan fingerprint density at radius 3 is 2.16 bits per heavy atom. The third-order valence-corrected chi connectivity index (χ3v) is 3.13. The summed E-state index contributed by atoms with van der Waals surface area (Å²) in [6.07, 6.45) is 0. The minimum Gasteiger partial charge on any atom is -0.441 e. The Morgan fingerprint density at radius 2 is 1.74 bits per heavy atom. The predicted octanol–water partition coefficient (Wildman–Crippen LogP) is 4.15. The first-order chi connectivity index (χ1) is 8.79. The highest BCUT2D eigenvalue weighted by atomic mass is 16.4. The number of hydrogen-bond donors (Lipinski definition) is 0. The molecular formula is C16H19NO2. The summed E-state index contributed by atoms with van der Waals surface area (Å²) in [6, 6.07) is 8.11. The molecule has 0 N–H and O–H groups in total. The van der Waals surface area contributed by atoms with Crippen molar-refractivity contribution >= 4 is 5.78 Å². The van der Waals surface area contributed by atoms with E-state index in [1.165, 1.54) is 12.5 Å². The summed E-state index contributed by atoms with van der Waals surface area (Å²) in [7, 11) is 0. The quantitative estimate of drug-likeness (QED) is 0.759. The van der Waals surface area contributed by atoms with Gasteiger partial charge in [0.05, 0.1) is 0 Å². The minimum absolute atomic E-state index is 0.0705. The van der Waals surface area contributed by atoms with Crippen molar-refractivity contribution in [1.82, 2.24) is 4.98 Å². The van der Waals surface area contributed by atoms with Crippen molar-refractivity contribution in [2.45, 2.75) is 40.0 Å². The number of ketones is 1. The minimum atomic E-state index is -0.0705. The number of carbonyl (C=O) groups is 1. The molecule has 0 atom stereocenters. The van der Waals surface area contributed by atoms with E-state index in [1.54, 1.807) is 6.92 Å². The summed E-state index contributed by atoms with van der Waals surface area (Å²) in [6.45, 7) is 9.77. The highest BCUT2D eigenvalue weighted by Crippen LogP contribution is 2.26. The first kappa shape index (κ1) is 13.5. The maximum absolute atomic E-state index is 11.4. The molecular weight excluding hydrogens is 238 g/mol. The van der Waals surface area contributed by atoms with Gasteiger partial charge < -0.3 is 4.42 Å². The summed E-state index contributed by atoms with van der Waals surface area (Å²) >= 11 is 0. The number of benzene rings is 1. The SMILES string of the molecule is CC(=O)c1nc(-c2ccc(C(C)(C)C)cc2)oc1C. The fourth-order valence-electron chi connectivity index (χ4n) is 1.96. The van der Waals surface area contributed by atoms with Gasteiger partial charge in [0, 0.05) is 12.5 Å². The van der Waals surface area contributed by atoms with Gasteiger partial charge in [0.2, 0.25) is 5.89 Å². The largest absolute Gasteiger partial charge is 0.441 e. The number of carbonyl (C=O) groups excluding carboxylic acids is 1. The normalized spacial score (nSPS) is 11.6. The Morgan fingerprint density at radius 1 is 1.16 bits per heavy atom. The van der Waals surface area contributed by atoms with Crippen LogP contribution in [-0.2, 0) is 5.41 Å². The number of aryl methyl sites for hydroxylation is 1. The van der Waals surface area contributed by atoms with Crippen molar-refractivity contribution in [3.63, 3.8) is 0 Å². The number of nitrogens with zero attached hydrogens (tertiary/aromatic N) is 1. The highest BCUT2D eigenvalue weighted by molar-refractivity contribution is 5.93. The van der Waals surface area contributed by atoms with Crippen molar-refractivity contribution < 1.29 is 9.21 Å². The number of oxazole rings is 1. The topological polar surface area (TPSA) is 43.1 Å². The van der Waals surface area contributed by atoms with Gasteiger partial charge in [-0.15, -0.1) is 0 Å². The molecule has 0 radical (unpaired) electrons.